The number of halogens is 2. The van der Waals surface area contributed by atoms with E-state index in [1.807, 2.05) is 31.0 Å². The van der Waals surface area contributed by atoms with Gasteiger partial charge in [-0.05, 0) is 63.0 Å². The molecule has 1 aromatic carbocycles. The van der Waals surface area contributed by atoms with Crippen molar-refractivity contribution in [2.45, 2.75) is 19.8 Å². The zero-order valence-corrected chi connectivity index (χ0v) is 13.6. The summed E-state index contributed by atoms with van der Waals surface area (Å²) >= 11 is 6.00. The molecule has 5 heteroatoms. The van der Waals surface area contributed by atoms with Gasteiger partial charge < -0.3 is 10.2 Å². The van der Waals surface area contributed by atoms with Crippen LogP contribution in [0.4, 0.5) is 0 Å². The highest BCUT2D eigenvalue weighted by Crippen LogP contribution is 2.21. The number of amides is 1. The molecule has 3 nitrogen and oxygen atoms in total. The Morgan fingerprint density at radius 3 is 2.90 bits per heavy atom. The summed E-state index contributed by atoms with van der Waals surface area (Å²) in [5.74, 6) is 0.691. The van der Waals surface area contributed by atoms with E-state index in [9.17, 15) is 4.79 Å². The zero-order valence-electron chi connectivity index (χ0n) is 12.0. The molecular weight excluding hydrogens is 295 g/mol. The van der Waals surface area contributed by atoms with Crippen LogP contribution in [0.15, 0.2) is 18.2 Å². The first-order valence-corrected chi connectivity index (χ1v) is 7.19. The quantitative estimate of drug-likeness (QED) is 0.929. The standard InChI is InChI=1S/C15H21ClN2O.ClH/c1-11-8-13(5-6-14(11)16)15(19)18-7-3-4-12(10-18)9-17-2;/h5-6,8,12,17H,3-4,7,9-10H2,1-2H3;1H. The van der Waals surface area contributed by atoms with Crippen molar-refractivity contribution in [1.29, 1.82) is 0 Å². The number of piperidine rings is 1. The van der Waals surface area contributed by atoms with Gasteiger partial charge in [-0.15, -0.1) is 12.4 Å². The van der Waals surface area contributed by atoms with Gasteiger partial charge in [0.1, 0.15) is 0 Å². The molecule has 0 radical (unpaired) electrons. The molecule has 1 atom stereocenters. The van der Waals surface area contributed by atoms with Gasteiger partial charge in [-0.1, -0.05) is 11.6 Å². The molecule has 112 valence electrons. The van der Waals surface area contributed by atoms with Crippen molar-refractivity contribution in [3.05, 3.63) is 34.3 Å². The predicted molar refractivity (Wildman–Crippen MR) is 86.0 cm³/mol. The summed E-state index contributed by atoms with van der Waals surface area (Å²) < 4.78 is 0. The van der Waals surface area contributed by atoms with Crippen molar-refractivity contribution in [2.75, 3.05) is 26.7 Å². The molecule has 1 aliphatic rings. The molecule has 0 aliphatic carbocycles. The van der Waals surface area contributed by atoms with Crippen molar-refractivity contribution in [3.8, 4) is 0 Å². The van der Waals surface area contributed by atoms with Crippen LogP contribution in [0.25, 0.3) is 0 Å². The van der Waals surface area contributed by atoms with Gasteiger partial charge in [0.2, 0.25) is 0 Å². The number of rotatable bonds is 3. The number of carbonyl (C=O) groups excluding carboxylic acids is 1. The van der Waals surface area contributed by atoms with Crippen molar-refractivity contribution < 1.29 is 4.79 Å². The van der Waals surface area contributed by atoms with E-state index in [1.54, 1.807) is 6.07 Å². The van der Waals surface area contributed by atoms with Gasteiger partial charge >= 0.3 is 0 Å². The summed E-state index contributed by atoms with van der Waals surface area (Å²) in [6.07, 6.45) is 2.29. The van der Waals surface area contributed by atoms with Crippen molar-refractivity contribution >= 4 is 29.9 Å². The molecule has 20 heavy (non-hydrogen) atoms. The fourth-order valence-corrected chi connectivity index (χ4v) is 2.78. The van der Waals surface area contributed by atoms with Crippen LogP contribution in [0.2, 0.25) is 5.02 Å². The second-order valence-electron chi connectivity index (χ2n) is 5.28. The first-order valence-electron chi connectivity index (χ1n) is 6.82. The highest BCUT2D eigenvalue weighted by atomic mass is 35.5. The summed E-state index contributed by atoms with van der Waals surface area (Å²) in [5.41, 5.74) is 1.70. The number of carbonyl (C=O) groups is 1. The molecule has 1 aromatic rings. The Balaban J connectivity index is 0.00000200. The minimum absolute atomic E-state index is 0. The molecule has 0 bridgehead atoms. The van der Waals surface area contributed by atoms with Crippen LogP contribution in [0.1, 0.15) is 28.8 Å². The summed E-state index contributed by atoms with van der Waals surface area (Å²) in [4.78, 5) is 14.4. The van der Waals surface area contributed by atoms with E-state index in [2.05, 4.69) is 5.32 Å². The van der Waals surface area contributed by atoms with Gasteiger partial charge in [-0.3, -0.25) is 4.79 Å². The first kappa shape index (κ1) is 17.3. The SMILES string of the molecule is CNCC1CCCN(C(=O)c2ccc(Cl)c(C)c2)C1.Cl. The lowest BCUT2D eigenvalue weighted by atomic mass is 9.97. The lowest BCUT2D eigenvalue weighted by Gasteiger charge is -2.32. The molecule has 2 rings (SSSR count). The number of aryl methyl sites for hydroxylation is 1. The molecule has 1 aliphatic heterocycles. The molecule has 1 unspecified atom stereocenters. The highest BCUT2D eigenvalue weighted by molar-refractivity contribution is 6.31. The van der Waals surface area contributed by atoms with Gasteiger partial charge in [-0.25, -0.2) is 0 Å². The summed E-state index contributed by atoms with van der Waals surface area (Å²) in [7, 11) is 1.96. The Hall–Kier alpha value is -0.770. The number of benzene rings is 1. The van der Waals surface area contributed by atoms with E-state index in [4.69, 9.17) is 11.6 Å². The van der Waals surface area contributed by atoms with Crippen molar-refractivity contribution in [3.63, 3.8) is 0 Å². The molecule has 0 aromatic heterocycles. The highest BCUT2D eigenvalue weighted by Gasteiger charge is 2.24. The van der Waals surface area contributed by atoms with Gasteiger partial charge in [0.15, 0.2) is 0 Å². The number of nitrogens with one attached hydrogen (secondary N) is 1. The van der Waals surface area contributed by atoms with Gasteiger partial charge in [0, 0.05) is 23.7 Å². The Labute approximate surface area is 132 Å². The molecule has 1 fully saturated rings. The van der Waals surface area contributed by atoms with E-state index >= 15 is 0 Å². The zero-order chi connectivity index (χ0) is 13.8. The lowest BCUT2D eigenvalue weighted by Crippen LogP contribution is -2.42. The smallest absolute Gasteiger partial charge is 0.253 e. The third-order valence-electron chi connectivity index (χ3n) is 3.70. The molecule has 1 heterocycles. The fraction of sp³-hybridized carbons (Fsp3) is 0.533. The maximum Gasteiger partial charge on any atom is 0.253 e. The molecule has 1 amide bonds. The summed E-state index contributed by atoms with van der Waals surface area (Å²) in [5, 5.41) is 3.91. The normalized spacial score (nSPS) is 18.6. The van der Waals surface area contributed by atoms with Gasteiger partial charge in [0.25, 0.3) is 5.91 Å². The molecule has 1 N–H and O–H groups in total. The minimum Gasteiger partial charge on any atom is -0.338 e. The lowest BCUT2D eigenvalue weighted by molar-refractivity contribution is 0.0674. The third-order valence-corrected chi connectivity index (χ3v) is 4.13. The third kappa shape index (κ3) is 4.11. The average molecular weight is 317 g/mol. The number of nitrogens with zero attached hydrogens (tertiary/aromatic N) is 1. The molecular formula is C15H22Cl2N2O. The maximum absolute atomic E-state index is 12.5. The minimum atomic E-state index is 0. The van der Waals surface area contributed by atoms with E-state index in [0.717, 1.165) is 37.2 Å². The van der Waals surface area contributed by atoms with Crippen LogP contribution >= 0.6 is 24.0 Å². The molecule has 0 saturated carbocycles. The Morgan fingerprint density at radius 2 is 2.25 bits per heavy atom. The molecule has 0 spiro atoms. The largest absolute Gasteiger partial charge is 0.338 e. The van der Waals surface area contributed by atoms with Gasteiger partial charge in [0.05, 0.1) is 0 Å². The van der Waals surface area contributed by atoms with Crippen LogP contribution < -0.4 is 5.32 Å². The van der Waals surface area contributed by atoms with Crippen LogP contribution in [-0.2, 0) is 0 Å². The van der Waals surface area contributed by atoms with E-state index < -0.39 is 0 Å². The van der Waals surface area contributed by atoms with E-state index in [1.165, 1.54) is 6.42 Å². The second kappa shape index (κ2) is 7.87. The summed E-state index contributed by atoms with van der Waals surface area (Å²) in [6.45, 7) is 4.62. The van der Waals surface area contributed by atoms with E-state index in [-0.39, 0.29) is 18.3 Å². The summed E-state index contributed by atoms with van der Waals surface area (Å²) in [6, 6.07) is 5.50. The van der Waals surface area contributed by atoms with Crippen molar-refractivity contribution in [1.82, 2.24) is 10.2 Å². The van der Waals surface area contributed by atoms with Crippen LogP contribution in [0, 0.1) is 12.8 Å². The van der Waals surface area contributed by atoms with Gasteiger partial charge in [-0.2, -0.15) is 0 Å². The first-order chi connectivity index (χ1) is 9.11. The molecule has 1 saturated heterocycles. The fourth-order valence-electron chi connectivity index (χ4n) is 2.67. The number of likely N-dealkylation sites (tertiary alicyclic amines) is 1. The topological polar surface area (TPSA) is 32.3 Å². The predicted octanol–water partition coefficient (Wildman–Crippen LogP) is 3.14. The monoisotopic (exact) mass is 316 g/mol. The van der Waals surface area contributed by atoms with Crippen LogP contribution in [0.5, 0.6) is 0 Å². The second-order valence-corrected chi connectivity index (χ2v) is 5.69. The van der Waals surface area contributed by atoms with Crippen LogP contribution in [-0.4, -0.2) is 37.5 Å². The Bertz CT molecular complexity index is 463. The number of hydrogen-bond acceptors (Lipinski definition) is 2. The Kier molecular flexibility index (Phi) is 6.80. The van der Waals surface area contributed by atoms with E-state index in [0.29, 0.717) is 10.9 Å². The van der Waals surface area contributed by atoms with Crippen molar-refractivity contribution in [2.24, 2.45) is 5.92 Å². The maximum atomic E-state index is 12.5. The number of hydrogen-bond donors (Lipinski definition) is 1. The average Bonchev–Trinajstić information content (AvgIpc) is 2.42. The Morgan fingerprint density at radius 1 is 1.50 bits per heavy atom. The van der Waals surface area contributed by atoms with Crippen LogP contribution in [0.3, 0.4) is 0 Å².